The van der Waals surface area contributed by atoms with E-state index >= 15 is 0 Å². The molecule has 0 fully saturated rings. The highest BCUT2D eigenvalue weighted by Gasteiger charge is 2.19. The van der Waals surface area contributed by atoms with E-state index in [1.165, 1.54) is 250 Å². The van der Waals surface area contributed by atoms with E-state index in [0.717, 1.165) is 64.2 Å². The summed E-state index contributed by atoms with van der Waals surface area (Å²) < 4.78 is 16.7. The van der Waals surface area contributed by atoms with Gasteiger partial charge in [0.25, 0.3) is 0 Å². The summed E-state index contributed by atoms with van der Waals surface area (Å²) in [5, 5.41) is 0. The minimum atomic E-state index is -0.757. The Kier molecular flexibility index (Phi) is 55.6. The fraction of sp³-hybridized carbons (Fsp3) is 0.951. The van der Waals surface area contributed by atoms with Crippen molar-refractivity contribution >= 4 is 17.9 Å². The fourth-order valence-corrected chi connectivity index (χ4v) is 9.51. The Morgan fingerprint density at radius 3 is 0.597 bits per heavy atom. The molecule has 0 N–H and O–H groups in total. The van der Waals surface area contributed by atoms with Gasteiger partial charge in [0, 0.05) is 19.3 Å². The second-order valence-corrected chi connectivity index (χ2v) is 21.0. The second-order valence-electron chi connectivity index (χ2n) is 21.0. The third kappa shape index (κ3) is 55.2. The van der Waals surface area contributed by atoms with E-state index in [1.54, 1.807) is 0 Å². The van der Waals surface area contributed by atoms with Crippen molar-refractivity contribution < 1.29 is 28.6 Å². The van der Waals surface area contributed by atoms with E-state index in [-0.39, 0.29) is 31.1 Å². The highest BCUT2D eigenvalue weighted by molar-refractivity contribution is 5.71. The Bertz CT molecular complexity index is 998. The average molecular weight is 948 g/mol. The molecule has 398 valence electrons. The van der Waals surface area contributed by atoms with Gasteiger partial charge in [0.2, 0.25) is 0 Å². The lowest BCUT2D eigenvalue weighted by molar-refractivity contribution is -0.167. The van der Waals surface area contributed by atoms with Crippen LogP contribution in [0.15, 0.2) is 0 Å². The van der Waals surface area contributed by atoms with Gasteiger partial charge in [-0.2, -0.15) is 0 Å². The highest BCUT2D eigenvalue weighted by Crippen LogP contribution is 2.18. The maximum Gasteiger partial charge on any atom is 0.306 e. The van der Waals surface area contributed by atoms with Crippen LogP contribution in [-0.2, 0) is 28.6 Å². The third-order valence-corrected chi connectivity index (χ3v) is 14.1. The van der Waals surface area contributed by atoms with Crippen LogP contribution in [0.2, 0.25) is 0 Å². The minimum Gasteiger partial charge on any atom is -0.462 e. The molecular formula is C61H118O6. The summed E-state index contributed by atoms with van der Waals surface area (Å²) in [6.45, 7) is 6.58. The van der Waals surface area contributed by atoms with Crippen molar-refractivity contribution in [2.75, 3.05) is 13.2 Å². The first-order valence-electron chi connectivity index (χ1n) is 30.5. The number of carbonyl (C=O) groups is 3. The zero-order valence-corrected chi connectivity index (χ0v) is 45.7. The zero-order chi connectivity index (χ0) is 48.6. The fourth-order valence-electron chi connectivity index (χ4n) is 9.51. The molecule has 0 heterocycles. The van der Waals surface area contributed by atoms with E-state index in [9.17, 15) is 14.4 Å². The first kappa shape index (κ1) is 65.4. The monoisotopic (exact) mass is 947 g/mol. The average Bonchev–Trinajstić information content (AvgIpc) is 3.33. The molecule has 0 rings (SSSR count). The maximum atomic E-state index is 12.6. The van der Waals surface area contributed by atoms with Crippen molar-refractivity contribution in [3.63, 3.8) is 0 Å². The molecule has 1 atom stereocenters. The molecule has 0 spiro atoms. The zero-order valence-electron chi connectivity index (χ0n) is 45.7. The van der Waals surface area contributed by atoms with Crippen LogP contribution in [0.5, 0.6) is 0 Å². The van der Waals surface area contributed by atoms with Gasteiger partial charge in [-0.3, -0.25) is 14.4 Å². The molecule has 0 saturated carbocycles. The molecule has 0 aromatic heterocycles. The number of esters is 3. The molecule has 6 nitrogen and oxygen atoms in total. The molecule has 0 aliphatic heterocycles. The number of hydrogen-bond acceptors (Lipinski definition) is 6. The van der Waals surface area contributed by atoms with E-state index < -0.39 is 6.10 Å². The first-order chi connectivity index (χ1) is 33.0. The van der Waals surface area contributed by atoms with Crippen LogP contribution >= 0.6 is 0 Å². The standard InChI is InChI=1S/C61H118O6/c1-4-7-10-13-15-17-18-19-20-21-22-23-24-25-26-27-28-29-30-31-32-33-34-35-36-37-38-39-40-41-42-44-45-48-51-54-60(63)66-57-58(56-65-59(62)53-50-47-12-9-6-3)67-61(64)55-52-49-46-43-16-14-11-8-5-2/h58H,4-57H2,1-3H3. The Hall–Kier alpha value is -1.59. The molecule has 0 aliphatic carbocycles. The van der Waals surface area contributed by atoms with Gasteiger partial charge in [-0.25, -0.2) is 0 Å². The molecule has 0 radical (unpaired) electrons. The van der Waals surface area contributed by atoms with Crippen LogP contribution in [0.3, 0.4) is 0 Å². The third-order valence-electron chi connectivity index (χ3n) is 14.1. The van der Waals surface area contributed by atoms with E-state index in [0.29, 0.717) is 19.3 Å². The van der Waals surface area contributed by atoms with E-state index in [1.807, 2.05) is 0 Å². The summed E-state index contributed by atoms with van der Waals surface area (Å²) in [5.41, 5.74) is 0. The van der Waals surface area contributed by atoms with Crippen molar-refractivity contribution in [3.8, 4) is 0 Å². The number of hydrogen-bond donors (Lipinski definition) is 0. The van der Waals surface area contributed by atoms with Gasteiger partial charge in [-0.1, -0.05) is 316 Å². The molecular weight excluding hydrogens is 829 g/mol. The van der Waals surface area contributed by atoms with Gasteiger partial charge in [0.05, 0.1) is 0 Å². The van der Waals surface area contributed by atoms with E-state index in [4.69, 9.17) is 14.2 Å². The van der Waals surface area contributed by atoms with Crippen molar-refractivity contribution in [3.05, 3.63) is 0 Å². The highest BCUT2D eigenvalue weighted by atomic mass is 16.6. The van der Waals surface area contributed by atoms with Gasteiger partial charge in [-0.15, -0.1) is 0 Å². The lowest BCUT2D eigenvalue weighted by Gasteiger charge is -2.18. The SMILES string of the molecule is CCCCCCCCCCCCCCCCCCCCCCCCCCCCCCCCCCCCCC(=O)OCC(COC(=O)CCCCCCC)OC(=O)CCCCCCCCCCC. The van der Waals surface area contributed by atoms with Crippen LogP contribution in [0.4, 0.5) is 0 Å². The van der Waals surface area contributed by atoms with Crippen LogP contribution < -0.4 is 0 Å². The lowest BCUT2D eigenvalue weighted by atomic mass is 10.0. The predicted molar refractivity (Wildman–Crippen MR) is 289 cm³/mol. The largest absolute Gasteiger partial charge is 0.462 e. The van der Waals surface area contributed by atoms with Gasteiger partial charge in [0.1, 0.15) is 13.2 Å². The molecule has 1 unspecified atom stereocenters. The molecule has 0 aliphatic rings. The number of ether oxygens (including phenoxy) is 3. The Balaban J connectivity index is 3.71. The smallest absolute Gasteiger partial charge is 0.306 e. The topological polar surface area (TPSA) is 78.9 Å². The van der Waals surface area contributed by atoms with Crippen LogP contribution in [0, 0.1) is 0 Å². The van der Waals surface area contributed by atoms with Crippen LogP contribution in [-0.4, -0.2) is 37.2 Å². The van der Waals surface area contributed by atoms with Crippen LogP contribution in [0.1, 0.15) is 355 Å². The number of rotatable bonds is 57. The summed E-state index contributed by atoms with van der Waals surface area (Å²) in [5.74, 6) is -0.862. The summed E-state index contributed by atoms with van der Waals surface area (Å²) in [6, 6.07) is 0. The van der Waals surface area contributed by atoms with Crippen molar-refractivity contribution in [2.45, 2.75) is 361 Å². The second kappa shape index (κ2) is 57.0. The maximum absolute atomic E-state index is 12.6. The summed E-state index contributed by atoms with van der Waals surface area (Å²) in [4.78, 5) is 37.6. The summed E-state index contributed by atoms with van der Waals surface area (Å²) in [6.07, 6.45) is 64.9. The van der Waals surface area contributed by atoms with Crippen molar-refractivity contribution in [1.82, 2.24) is 0 Å². The van der Waals surface area contributed by atoms with Gasteiger partial charge in [-0.05, 0) is 19.3 Å². The Morgan fingerprint density at radius 1 is 0.239 bits per heavy atom. The molecule has 0 saturated heterocycles. The number of unbranched alkanes of at least 4 members (excludes halogenated alkanes) is 46. The lowest BCUT2D eigenvalue weighted by Crippen LogP contribution is -2.30. The van der Waals surface area contributed by atoms with Crippen LogP contribution in [0.25, 0.3) is 0 Å². The summed E-state index contributed by atoms with van der Waals surface area (Å²) in [7, 11) is 0. The van der Waals surface area contributed by atoms with Gasteiger partial charge in [0.15, 0.2) is 6.10 Å². The van der Waals surface area contributed by atoms with Crippen molar-refractivity contribution in [2.24, 2.45) is 0 Å². The quantitative estimate of drug-likeness (QED) is 0.0343. The minimum absolute atomic E-state index is 0.0637. The predicted octanol–water partition coefficient (Wildman–Crippen LogP) is 20.3. The van der Waals surface area contributed by atoms with Crippen molar-refractivity contribution in [1.29, 1.82) is 0 Å². The summed E-state index contributed by atoms with van der Waals surface area (Å²) >= 11 is 0. The first-order valence-corrected chi connectivity index (χ1v) is 30.5. The molecule has 67 heavy (non-hydrogen) atoms. The normalized spacial score (nSPS) is 11.9. The molecule has 0 aromatic carbocycles. The van der Waals surface area contributed by atoms with E-state index in [2.05, 4.69) is 20.8 Å². The molecule has 0 bridgehead atoms. The Morgan fingerprint density at radius 2 is 0.403 bits per heavy atom. The van der Waals surface area contributed by atoms with Gasteiger partial charge >= 0.3 is 17.9 Å². The molecule has 6 heteroatoms. The Labute approximate surface area is 418 Å². The number of carbonyl (C=O) groups excluding carboxylic acids is 3. The van der Waals surface area contributed by atoms with Gasteiger partial charge < -0.3 is 14.2 Å². The molecule has 0 amide bonds. The molecule has 0 aromatic rings.